The number of carbonyl (C=O) groups excluding carboxylic acids is 1. The Bertz CT molecular complexity index is 1100. The molecule has 0 aliphatic carbocycles. The van der Waals surface area contributed by atoms with E-state index in [9.17, 15) is 4.79 Å². The first-order valence-corrected chi connectivity index (χ1v) is 9.44. The van der Waals surface area contributed by atoms with Crippen LogP contribution in [0.5, 0.6) is 11.5 Å². The number of methoxy groups -OCH3 is 2. The van der Waals surface area contributed by atoms with Crippen molar-refractivity contribution in [2.45, 2.75) is 6.54 Å². The summed E-state index contributed by atoms with van der Waals surface area (Å²) >= 11 is 1.53. The summed E-state index contributed by atoms with van der Waals surface area (Å²) in [6.07, 6.45) is 0. The predicted molar refractivity (Wildman–Crippen MR) is 108 cm³/mol. The normalized spacial score (nSPS) is 10.8. The van der Waals surface area contributed by atoms with Crippen molar-refractivity contribution in [1.82, 2.24) is 10.3 Å². The van der Waals surface area contributed by atoms with E-state index >= 15 is 0 Å². The third-order valence-electron chi connectivity index (χ3n) is 4.27. The van der Waals surface area contributed by atoms with Crippen molar-refractivity contribution >= 4 is 27.5 Å². The fourth-order valence-electron chi connectivity index (χ4n) is 2.81. The van der Waals surface area contributed by atoms with Gasteiger partial charge in [-0.05, 0) is 36.4 Å². The molecule has 0 aliphatic heterocycles. The average Bonchev–Trinajstić information content (AvgIpc) is 3.38. The maximum Gasteiger partial charge on any atom is 0.287 e. The van der Waals surface area contributed by atoms with Crippen LogP contribution in [-0.2, 0) is 6.54 Å². The van der Waals surface area contributed by atoms with Gasteiger partial charge in [0.15, 0.2) is 16.5 Å². The molecule has 1 N–H and O–H groups in total. The number of fused-ring (bicyclic) bond motifs is 1. The molecule has 0 fully saturated rings. The molecule has 142 valence electrons. The van der Waals surface area contributed by atoms with Gasteiger partial charge in [-0.15, -0.1) is 11.3 Å². The summed E-state index contributed by atoms with van der Waals surface area (Å²) in [6.45, 7) is 0.309. The summed E-state index contributed by atoms with van der Waals surface area (Å²) in [5.41, 5.74) is 1.76. The molecular weight excluding hydrogens is 376 g/mol. The Labute approximate surface area is 165 Å². The van der Waals surface area contributed by atoms with Crippen molar-refractivity contribution < 1.29 is 18.7 Å². The molecule has 4 rings (SSSR count). The molecule has 0 spiro atoms. The number of hydrogen-bond donors (Lipinski definition) is 1. The Morgan fingerprint density at radius 1 is 1.11 bits per heavy atom. The van der Waals surface area contributed by atoms with Crippen molar-refractivity contribution in [2.24, 2.45) is 0 Å². The number of aromatic nitrogens is 1. The lowest BCUT2D eigenvalue weighted by Gasteiger charge is -2.10. The zero-order valence-electron chi connectivity index (χ0n) is 15.4. The zero-order chi connectivity index (χ0) is 19.5. The van der Waals surface area contributed by atoms with Crippen LogP contribution in [0.2, 0.25) is 0 Å². The molecule has 6 nitrogen and oxygen atoms in total. The number of para-hydroxylation sites is 1. The Morgan fingerprint density at radius 2 is 1.96 bits per heavy atom. The Balaban J connectivity index is 1.47. The number of nitrogens with one attached hydrogen (secondary N) is 1. The largest absolute Gasteiger partial charge is 0.497 e. The highest BCUT2D eigenvalue weighted by atomic mass is 32.1. The van der Waals surface area contributed by atoms with Crippen molar-refractivity contribution in [3.63, 3.8) is 0 Å². The highest BCUT2D eigenvalue weighted by molar-refractivity contribution is 7.21. The molecule has 0 bridgehead atoms. The summed E-state index contributed by atoms with van der Waals surface area (Å²) < 4.78 is 17.3. The second kappa shape index (κ2) is 7.74. The predicted octanol–water partition coefficient (Wildman–Crippen LogP) is 4.50. The Hall–Kier alpha value is -3.32. The highest BCUT2D eigenvalue weighted by Crippen LogP contribution is 2.31. The van der Waals surface area contributed by atoms with Crippen LogP contribution in [0, 0.1) is 0 Å². The van der Waals surface area contributed by atoms with Gasteiger partial charge in [-0.1, -0.05) is 12.1 Å². The molecule has 0 saturated carbocycles. The lowest BCUT2D eigenvalue weighted by atomic mass is 10.2. The highest BCUT2D eigenvalue weighted by Gasteiger charge is 2.15. The molecule has 2 heterocycles. The van der Waals surface area contributed by atoms with E-state index in [1.54, 1.807) is 32.4 Å². The third kappa shape index (κ3) is 3.57. The minimum Gasteiger partial charge on any atom is -0.497 e. The van der Waals surface area contributed by atoms with E-state index in [2.05, 4.69) is 10.3 Å². The number of benzene rings is 2. The van der Waals surface area contributed by atoms with Crippen molar-refractivity contribution in [3.05, 3.63) is 65.9 Å². The summed E-state index contributed by atoms with van der Waals surface area (Å²) in [5, 5.41) is 3.60. The van der Waals surface area contributed by atoms with Crippen LogP contribution >= 0.6 is 11.3 Å². The number of ether oxygens (including phenoxy) is 2. The average molecular weight is 394 g/mol. The Morgan fingerprint density at radius 3 is 2.75 bits per heavy atom. The topological polar surface area (TPSA) is 73.6 Å². The molecular formula is C21H18N2O4S. The van der Waals surface area contributed by atoms with E-state index in [0.29, 0.717) is 23.8 Å². The lowest BCUT2D eigenvalue weighted by molar-refractivity contribution is 0.0924. The molecule has 0 radical (unpaired) electrons. The number of thiazole rings is 1. The van der Waals surface area contributed by atoms with E-state index in [1.165, 1.54) is 11.3 Å². The smallest absolute Gasteiger partial charge is 0.287 e. The van der Waals surface area contributed by atoms with Crippen LogP contribution in [0.3, 0.4) is 0 Å². The summed E-state index contributed by atoms with van der Waals surface area (Å²) in [4.78, 5) is 17.0. The number of furan rings is 1. The van der Waals surface area contributed by atoms with Gasteiger partial charge >= 0.3 is 0 Å². The molecule has 0 saturated heterocycles. The van der Waals surface area contributed by atoms with Crippen LogP contribution in [0.1, 0.15) is 16.1 Å². The quantitative estimate of drug-likeness (QED) is 0.521. The molecule has 2 aromatic carbocycles. The number of amides is 1. The van der Waals surface area contributed by atoms with E-state index in [4.69, 9.17) is 13.9 Å². The molecule has 7 heteroatoms. The van der Waals surface area contributed by atoms with Crippen molar-refractivity contribution in [2.75, 3.05) is 14.2 Å². The van der Waals surface area contributed by atoms with Crippen molar-refractivity contribution in [3.8, 4) is 22.3 Å². The number of hydrogen-bond acceptors (Lipinski definition) is 6. The van der Waals surface area contributed by atoms with Crippen LogP contribution in [0.4, 0.5) is 0 Å². The van der Waals surface area contributed by atoms with Gasteiger partial charge in [-0.25, -0.2) is 4.98 Å². The summed E-state index contributed by atoms with van der Waals surface area (Å²) in [6, 6.07) is 16.7. The first-order chi connectivity index (χ1) is 13.7. The SMILES string of the molecule is COc1ccc(CNC(=O)c2ccc(-c3nc4ccccc4s3)o2)c(OC)c1. The van der Waals surface area contributed by atoms with Gasteiger partial charge in [0, 0.05) is 18.2 Å². The molecule has 2 aromatic heterocycles. The lowest BCUT2D eigenvalue weighted by Crippen LogP contribution is -2.22. The molecule has 0 unspecified atom stereocenters. The maximum atomic E-state index is 12.5. The van der Waals surface area contributed by atoms with E-state index in [1.807, 2.05) is 36.4 Å². The van der Waals surface area contributed by atoms with Crippen molar-refractivity contribution in [1.29, 1.82) is 0 Å². The fraction of sp³-hybridized carbons (Fsp3) is 0.143. The monoisotopic (exact) mass is 394 g/mol. The van der Waals surface area contributed by atoms with Crippen LogP contribution in [0.15, 0.2) is 59.0 Å². The standard InChI is InChI=1S/C21H18N2O4S/c1-25-14-8-7-13(18(11-14)26-2)12-22-20(24)16-9-10-17(27-16)21-23-15-5-3-4-6-19(15)28-21/h3-11H,12H2,1-2H3,(H,22,24). The van der Waals surface area contributed by atoms with Crippen LogP contribution in [-0.4, -0.2) is 25.1 Å². The van der Waals surface area contributed by atoms with Gasteiger partial charge in [-0.3, -0.25) is 4.79 Å². The first kappa shape index (κ1) is 18.1. The van der Waals surface area contributed by atoms with Gasteiger partial charge in [0.2, 0.25) is 0 Å². The maximum absolute atomic E-state index is 12.5. The Kier molecular flexibility index (Phi) is 4.99. The minimum absolute atomic E-state index is 0.238. The molecule has 1 amide bonds. The van der Waals surface area contributed by atoms with E-state index in [-0.39, 0.29) is 11.7 Å². The number of nitrogens with zero attached hydrogens (tertiary/aromatic N) is 1. The summed E-state index contributed by atoms with van der Waals surface area (Å²) in [7, 11) is 3.17. The minimum atomic E-state index is -0.301. The van der Waals surface area contributed by atoms with Crippen LogP contribution < -0.4 is 14.8 Å². The first-order valence-electron chi connectivity index (χ1n) is 8.63. The van der Waals surface area contributed by atoms with Crippen LogP contribution in [0.25, 0.3) is 21.0 Å². The van der Waals surface area contributed by atoms with E-state index in [0.717, 1.165) is 20.8 Å². The van der Waals surface area contributed by atoms with Gasteiger partial charge < -0.3 is 19.2 Å². The molecule has 0 atom stereocenters. The zero-order valence-corrected chi connectivity index (χ0v) is 16.2. The third-order valence-corrected chi connectivity index (χ3v) is 5.32. The summed E-state index contributed by atoms with van der Waals surface area (Å²) in [5.74, 6) is 1.85. The molecule has 0 aliphatic rings. The number of rotatable bonds is 6. The van der Waals surface area contributed by atoms with Gasteiger partial charge in [-0.2, -0.15) is 0 Å². The molecule has 28 heavy (non-hydrogen) atoms. The number of carbonyl (C=O) groups is 1. The van der Waals surface area contributed by atoms with Gasteiger partial charge in [0.05, 0.1) is 24.4 Å². The van der Waals surface area contributed by atoms with Gasteiger partial charge in [0.1, 0.15) is 11.5 Å². The molecule has 4 aromatic rings. The van der Waals surface area contributed by atoms with E-state index < -0.39 is 0 Å². The van der Waals surface area contributed by atoms with Gasteiger partial charge in [0.25, 0.3) is 5.91 Å². The second-order valence-electron chi connectivity index (χ2n) is 6.01. The second-order valence-corrected chi connectivity index (χ2v) is 7.04. The fourth-order valence-corrected chi connectivity index (χ4v) is 3.74.